The molecule has 0 bridgehead atoms. The first-order chi connectivity index (χ1) is 13.8. The van der Waals surface area contributed by atoms with E-state index in [0.717, 1.165) is 27.7 Å². The molecule has 0 fully saturated rings. The number of methoxy groups -OCH3 is 1. The number of fused-ring (bicyclic) bond motifs is 1. The molecule has 3 rings (SSSR count). The Kier molecular flexibility index (Phi) is 5.82. The lowest BCUT2D eigenvalue weighted by atomic mass is 10.1. The minimum Gasteiger partial charge on any atom is -0.497 e. The number of anilines is 1. The number of benzene rings is 2. The topological polar surface area (TPSA) is 71.5 Å². The number of hydrogen-bond donors (Lipinski definition) is 1. The highest BCUT2D eigenvalue weighted by molar-refractivity contribution is 6.02. The zero-order valence-electron chi connectivity index (χ0n) is 17.4. The minimum atomic E-state index is -0.254. The van der Waals surface area contributed by atoms with Crippen LogP contribution >= 0.6 is 0 Å². The first kappa shape index (κ1) is 20.3. The summed E-state index contributed by atoms with van der Waals surface area (Å²) >= 11 is 0. The number of rotatable bonds is 5. The van der Waals surface area contributed by atoms with Crippen LogP contribution in [0.2, 0.25) is 0 Å². The Morgan fingerprint density at radius 3 is 2.59 bits per heavy atom. The first-order valence-electron chi connectivity index (χ1n) is 9.37. The molecule has 0 atom stereocenters. The summed E-state index contributed by atoms with van der Waals surface area (Å²) in [6.45, 7) is 5.69. The van der Waals surface area contributed by atoms with Crippen LogP contribution in [0.15, 0.2) is 42.5 Å². The molecule has 0 aliphatic rings. The number of ether oxygens (including phenoxy) is 1. The van der Waals surface area contributed by atoms with Crippen LogP contribution in [0.1, 0.15) is 27.2 Å². The Morgan fingerprint density at radius 2 is 1.86 bits per heavy atom. The van der Waals surface area contributed by atoms with Gasteiger partial charge in [0.15, 0.2) is 0 Å². The molecule has 1 aromatic heterocycles. The van der Waals surface area contributed by atoms with E-state index in [4.69, 9.17) is 4.74 Å². The summed E-state index contributed by atoms with van der Waals surface area (Å²) in [7, 11) is 3.21. The second-order valence-electron chi connectivity index (χ2n) is 7.14. The normalized spacial score (nSPS) is 10.7. The number of amides is 2. The summed E-state index contributed by atoms with van der Waals surface area (Å²) in [4.78, 5) is 31.3. The average Bonchev–Trinajstić information content (AvgIpc) is 2.70. The molecule has 6 nitrogen and oxygen atoms in total. The van der Waals surface area contributed by atoms with Gasteiger partial charge in [-0.25, -0.2) is 0 Å². The molecular formula is C23H25N3O3. The van der Waals surface area contributed by atoms with Crippen molar-refractivity contribution in [3.63, 3.8) is 0 Å². The maximum absolute atomic E-state index is 12.9. The molecule has 2 aromatic carbocycles. The minimum absolute atomic E-state index is 0.0538. The fourth-order valence-electron chi connectivity index (χ4n) is 3.16. The van der Waals surface area contributed by atoms with Crippen molar-refractivity contribution in [2.24, 2.45) is 0 Å². The van der Waals surface area contributed by atoms with Crippen LogP contribution in [-0.2, 0) is 4.79 Å². The summed E-state index contributed by atoms with van der Waals surface area (Å²) < 4.78 is 5.25. The van der Waals surface area contributed by atoms with Crippen LogP contribution in [0.5, 0.6) is 5.75 Å². The molecule has 0 aliphatic carbocycles. The molecule has 6 heteroatoms. The molecule has 2 amide bonds. The van der Waals surface area contributed by atoms with Crippen LogP contribution < -0.4 is 10.1 Å². The summed E-state index contributed by atoms with van der Waals surface area (Å²) in [5.41, 5.74) is 4.74. The molecule has 1 heterocycles. The smallest absolute Gasteiger partial charge is 0.255 e. The summed E-state index contributed by atoms with van der Waals surface area (Å²) in [6, 6.07) is 13.1. The number of nitrogens with zero attached hydrogens (tertiary/aromatic N) is 2. The van der Waals surface area contributed by atoms with Gasteiger partial charge in [-0.3, -0.25) is 14.6 Å². The maximum Gasteiger partial charge on any atom is 0.255 e. The number of carbonyl (C=O) groups excluding carboxylic acids is 2. The van der Waals surface area contributed by atoms with Gasteiger partial charge in [-0.1, -0.05) is 12.1 Å². The maximum atomic E-state index is 12.9. The number of carbonyl (C=O) groups is 2. The van der Waals surface area contributed by atoms with E-state index < -0.39 is 0 Å². The summed E-state index contributed by atoms with van der Waals surface area (Å²) in [5.74, 6) is 0.196. The second kappa shape index (κ2) is 8.31. The number of nitrogens with one attached hydrogen (secondary N) is 1. The fraction of sp³-hybridized carbons (Fsp3) is 0.261. The third-order valence-electron chi connectivity index (χ3n) is 5.05. The molecular weight excluding hydrogens is 366 g/mol. The Labute approximate surface area is 170 Å². The quantitative estimate of drug-likeness (QED) is 0.716. The van der Waals surface area contributed by atoms with Crippen LogP contribution in [0.25, 0.3) is 10.9 Å². The zero-order chi connectivity index (χ0) is 21.1. The largest absolute Gasteiger partial charge is 0.497 e. The third kappa shape index (κ3) is 4.37. The Balaban J connectivity index is 1.78. The second-order valence-corrected chi connectivity index (χ2v) is 7.14. The molecule has 0 radical (unpaired) electrons. The molecule has 0 saturated heterocycles. The molecule has 0 aliphatic heterocycles. The van der Waals surface area contributed by atoms with E-state index in [9.17, 15) is 9.59 Å². The van der Waals surface area contributed by atoms with E-state index in [1.165, 1.54) is 4.90 Å². The van der Waals surface area contributed by atoms with Gasteiger partial charge in [0.25, 0.3) is 5.91 Å². The third-order valence-corrected chi connectivity index (χ3v) is 5.05. The highest BCUT2D eigenvalue weighted by Crippen LogP contribution is 2.23. The first-order valence-corrected chi connectivity index (χ1v) is 9.37. The fourth-order valence-corrected chi connectivity index (χ4v) is 3.16. The van der Waals surface area contributed by atoms with Crippen molar-refractivity contribution >= 4 is 28.4 Å². The van der Waals surface area contributed by atoms with Crippen molar-refractivity contribution in [2.75, 3.05) is 26.0 Å². The Morgan fingerprint density at radius 1 is 1.10 bits per heavy atom. The molecule has 0 saturated carbocycles. The van der Waals surface area contributed by atoms with Crippen molar-refractivity contribution in [3.05, 3.63) is 64.8 Å². The van der Waals surface area contributed by atoms with E-state index in [-0.39, 0.29) is 18.4 Å². The SMILES string of the molecule is COc1ccc2nc(C)c(C(=O)N(C)CC(=O)Nc3cccc(C)c3C)cc2c1. The lowest BCUT2D eigenvalue weighted by Gasteiger charge is -2.19. The van der Waals surface area contributed by atoms with E-state index in [1.54, 1.807) is 27.1 Å². The predicted octanol–water partition coefficient (Wildman–Crippen LogP) is 3.88. The number of aryl methyl sites for hydroxylation is 2. The lowest BCUT2D eigenvalue weighted by molar-refractivity contribution is -0.116. The Hall–Kier alpha value is -3.41. The van der Waals surface area contributed by atoms with Gasteiger partial charge in [-0.15, -0.1) is 0 Å². The van der Waals surface area contributed by atoms with Crippen molar-refractivity contribution in [1.82, 2.24) is 9.88 Å². The Bertz CT molecular complexity index is 1090. The van der Waals surface area contributed by atoms with Gasteiger partial charge in [-0.05, 0) is 62.2 Å². The van der Waals surface area contributed by atoms with Gasteiger partial charge in [-0.2, -0.15) is 0 Å². The zero-order valence-corrected chi connectivity index (χ0v) is 17.4. The predicted molar refractivity (Wildman–Crippen MR) is 115 cm³/mol. The number of pyridine rings is 1. The molecule has 29 heavy (non-hydrogen) atoms. The standard InChI is InChI=1S/C23H25N3O3/c1-14-7-6-8-20(15(14)2)25-22(27)13-26(4)23(28)19-12-17-11-18(29-5)9-10-21(17)24-16(19)3/h6-12H,13H2,1-5H3,(H,25,27). The highest BCUT2D eigenvalue weighted by Gasteiger charge is 2.19. The number of aromatic nitrogens is 1. The number of likely N-dealkylation sites (N-methyl/N-ethyl adjacent to an activating group) is 1. The van der Waals surface area contributed by atoms with Crippen LogP contribution in [0.4, 0.5) is 5.69 Å². The van der Waals surface area contributed by atoms with Gasteiger partial charge in [0.1, 0.15) is 5.75 Å². The van der Waals surface area contributed by atoms with E-state index >= 15 is 0 Å². The molecule has 0 spiro atoms. The van der Waals surface area contributed by atoms with Crippen molar-refractivity contribution < 1.29 is 14.3 Å². The lowest BCUT2D eigenvalue weighted by Crippen LogP contribution is -2.35. The van der Waals surface area contributed by atoms with Crippen LogP contribution in [-0.4, -0.2) is 42.4 Å². The van der Waals surface area contributed by atoms with Gasteiger partial charge in [0.2, 0.25) is 5.91 Å². The van der Waals surface area contributed by atoms with Crippen LogP contribution in [0.3, 0.4) is 0 Å². The van der Waals surface area contributed by atoms with Crippen molar-refractivity contribution in [1.29, 1.82) is 0 Å². The van der Waals surface area contributed by atoms with Gasteiger partial charge >= 0.3 is 0 Å². The molecule has 1 N–H and O–H groups in total. The number of hydrogen-bond acceptors (Lipinski definition) is 4. The van der Waals surface area contributed by atoms with Gasteiger partial charge in [0, 0.05) is 18.1 Å². The van der Waals surface area contributed by atoms with Gasteiger partial charge in [0.05, 0.1) is 30.4 Å². The van der Waals surface area contributed by atoms with E-state index in [1.807, 2.05) is 50.2 Å². The molecule has 3 aromatic rings. The van der Waals surface area contributed by atoms with Crippen molar-refractivity contribution in [3.8, 4) is 5.75 Å². The monoisotopic (exact) mass is 391 g/mol. The molecule has 150 valence electrons. The summed E-state index contributed by atoms with van der Waals surface area (Å²) in [5, 5.41) is 3.69. The van der Waals surface area contributed by atoms with E-state index in [0.29, 0.717) is 17.0 Å². The van der Waals surface area contributed by atoms with Crippen LogP contribution in [0, 0.1) is 20.8 Å². The molecule has 0 unspecified atom stereocenters. The van der Waals surface area contributed by atoms with Gasteiger partial charge < -0.3 is 15.0 Å². The summed E-state index contributed by atoms with van der Waals surface area (Å²) in [6.07, 6.45) is 0. The average molecular weight is 391 g/mol. The van der Waals surface area contributed by atoms with Crippen molar-refractivity contribution in [2.45, 2.75) is 20.8 Å². The highest BCUT2D eigenvalue weighted by atomic mass is 16.5. The van der Waals surface area contributed by atoms with E-state index in [2.05, 4.69) is 10.3 Å².